The van der Waals surface area contributed by atoms with Gasteiger partial charge in [0.05, 0.1) is 6.54 Å². The van der Waals surface area contributed by atoms with Crippen LogP contribution in [-0.4, -0.2) is 19.3 Å². The Balaban J connectivity index is 1.60. The van der Waals surface area contributed by atoms with E-state index in [9.17, 15) is 13.2 Å². The van der Waals surface area contributed by atoms with Crippen LogP contribution in [0.4, 0.5) is 5.69 Å². The number of hydrogen-bond donors (Lipinski definition) is 2. The highest BCUT2D eigenvalue weighted by molar-refractivity contribution is 7.98. The van der Waals surface area contributed by atoms with E-state index in [1.165, 1.54) is 6.92 Å². The largest absolute Gasteiger partial charge is 0.351 e. The number of carbonyl (C=O) groups excluding carboxylic acids is 1. The van der Waals surface area contributed by atoms with Crippen molar-refractivity contribution in [2.75, 3.05) is 4.72 Å². The van der Waals surface area contributed by atoms with Crippen molar-refractivity contribution in [3.63, 3.8) is 0 Å². The molecule has 3 rings (SSSR count). The molecule has 146 valence electrons. The Morgan fingerprint density at radius 1 is 1.14 bits per heavy atom. The van der Waals surface area contributed by atoms with E-state index in [0.717, 1.165) is 32.4 Å². The Hall–Kier alpha value is -2.36. The van der Waals surface area contributed by atoms with E-state index in [1.807, 2.05) is 30.5 Å². The van der Waals surface area contributed by atoms with Crippen LogP contribution in [0.5, 0.6) is 0 Å². The smallest absolute Gasteiger partial charge is 0.271 e. The highest BCUT2D eigenvalue weighted by atomic mass is 32.2. The Labute approximate surface area is 172 Å². The summed E-state index contributed by atoms with van der Waals surface area (Å²) in [6.07, 6.45) is 3.57. The van der Waals surface area contributed by atoms with Crippen LogP contribution >= 0.6 is 23.1 Å². The molecule has 3 aromatic rings. The summed E-state index contributed by atoms with van der Waals surface area (Å²) in [5.74, 6) is 0.642. The molecular formula is C19H19N3O3S3. The second kappa shape index (κ2) is 9.22. The number of amides is 1. The molecule has 2 N–H and O–H groups in total. The van der Waals surface area contributed by atoms with E-state index >= 15 is 0 Å². The number of carbonyl (C=O) groups is 1. The first-order chi connectivity index (χ1) is 13.4. The van der Waals surface area contributed by atoms with Gasteiger partial charge in [-0.25, -0.2) is 8.42 Å². The molecule has 0 aliphatic carbocycles. The molecule has 0 unspecified atom stereocenters. The number of hydrogen-bond acceptors (Lipinski definition) is 6. The molecule has 6 nitrogen and oxygen atoms in total. The first-order valence-electron chi connectivity index (χ1n) is 8.40. The predicted molar refractivity (Wildman–Crippen MR) is 113 cm³/mol. The van der Waals surface area contributed by atoms with Gasteiger partial charge in [-0.15, -0.1) is 23.1 Å². The number of rotatable bonds is 8. The molecule has 0 spiro atoms. The van der Waals surface area contributed by atoms with Crippen molar-refractivity contribution in [2.24, 2.45) is 0 Å². The number of thioether (sulfide) groups is 1. The minimum Gasteiger partial charge on any atom is -0.351 e. The lowest BCUT2D eigenvalue weighted by molar-refractivity contribution is -0.119. The molecule has 0 fully saturated rings. The topological polar surface area (TPSA) is 88.2 Å². The van der Waals surface area contributed by atoms with Crippen LogP contribution in [-0.2, 0) is 27.1 Å². The van der Waals surface area contributed by atoms with Crippen LogP contribution in [0.2, 0.25) is 0 Å². The second-order valence-corrected chi connectivity index (χ2v) is 10.0. The highest BCUT2D eigenvalue weighted by Gasteiger charge is 2.17. The van der Waals surface area contributed by atoms with E-state index in [2.05, 4.69) is 15.0 Å². The van der Waals surface area contributed by atoms with Gasteiger partial charge >= 0.3 is 0 Å². The molecule has 0 saturated carbocycles. The first-order valence-corrected chi connectivity index (χ1v) is 11.7. The summed E-state index contributed by atoms with van der Waals surface area (Å²) in [7, 11) is -3.66. The average molecular weight is 434 g/mol. The molecule has 0 atom stereocenters. The number of thiophene rings is 1. The lowest BCUT2D eigenvalue weighted by Crippen LogP contribution is -2.18. The number of anilines is 1. The number of pyridine rings is 1. The number of nitrogens with one attached hydrogen (secondary N) is 2. The molecular weight excluding hydrogens is 414 g/mol. The molecule has 2 aromatic heterocycles. The summed E-state index contributed by atoms with van der Waals surface area (Å²) in [5.41, 5.74) is 1.63. The summed E-state index contributed by atoms with van der Waals surface area (Å²) < 4.78 is 27.9. The molecule has 9 heteroatoms. The van der Waals surface area contributed by atoms with E-state index in [1.54, 1.807) is 42.2 Å². The predicted octanol–water partition coefficient (Wildman–Crippen LogP) is 3.87. The molecule has 0 saturated heterocycles. The van der Waals surface area contributed by atoms with Crippen molar-refractivity contribution < 1.29 is 13.2 Å². The van der Waals surface area contributed by atoms with Crippen molar-refractivity contribution in [1.82, 2.24) is 10.3 Å². The van der Waals surface area contributed by atoms with Crippen molar-refractivity contribution in [3.8, 4) is 0 Å². The zero-order valence-electron chi connectivity index (χ0n) is 15.1. The lowest BCUT2D eigenvalue weighted by atomic mass is 10.3. The molecule has 0 bridgehead atoms. The summed E-state index contributed by atoms with van der Waals surface area (Å²) in [6, 6.07) is 14.4. The van der Waals surface area contributed by atoms with Crippen LogP contribution in [0.25, 0.3) is 0 Å². The maximum atomic E-state index is 12.5. The minimum atomic E-state index is -3.66. The zero-order valence-corrected chi connectivity index (χ0v) is 17.5. The second-order valence-electron chi connectivity index (χ2n) is 5.91. The van der Waals surface area contributed by atoms with Gasteiger partial charge in [0.15, 0.2) is 0 Å². The zero-order chi connectivity index (χ0) is 20.0. The van der Waals surface area contributed by atoms with Gasteiger partial charge in [0, 0.05) is 40.5 Å². The van der Waals surface area contributed by atoms with E-state index in [-0.39, 0.29) is 10.1 Å². The highest BCUT2D eigenvalue weighted by Crippen LogP contribution is 2.27. The summed E-state index contributed by atoms with van der Waals surface area (Å²) in [5, 5.41) is 2.66. The van der Waals surface area contributed by atoms with Crippen LogP contribution in [0.1, 0.15) is 17.4 Å². The number of nitrogens with zero attached hydrogens (tertiary/aromatic N) is 1. The Morgan fingerprint density at radius 3 is 2.61 bits per heavy atom. The maximum Gasteiger partial charge on any atom is 0.271 e. The molecule has 28 heavy (non-hydrogen) atoms. The third-order valence-corrected chi connectivity index (χ3v) is 7.69. The van der Waals surface area contributed by atoms with Crippen LogP contribution < -0.4 is 10.0 Å². The number of sulfonamides is 1. The molecule has 0 radical (unpaired) electrons. The van der Waals surface area contributed by atoms with Gasteiger partial charge in [0.2, 0.25) is 5.91 Å². The van der Waals surface area contributed by atoms with E-state index in [4.69, 9.17) is 0 Å². The van der Waals surface area contributed by atoms with Crippen LogP contribution in [0.15, 0.2) is 70.0 Å². The van der Waals surface area contributed by atoms with Gasteiger partial charge in [0.1, 0.15) is 4.21 Å². The fourth-order valence-corrected chi connectivity index (χ4v) is 5.47. The van der Waals surface area contributed by atoms with Gasteiger partial charge < -0.3 is 5.32 Å². The normalized spacial score (nSPS) is 11.2. The Morgan fingerprint density at radius 2 is 1.93 bits per heavy atom. The van der Waals surface area contributed by atoms with E-state index in [0.29, 0.717) is 12.2 Å². The van der Waals surface area contributed by atoms with E-state index < -0.39 is 10.0 Å². The van der Waals surface area contributed by atoms with Gasteiger partial charge in [-0.05, 0) is 48.0 Å². The first kappa shape index (κ1) is 20.4. The Kier molecular flexibility index (Phi) is 6.71. The number of aromatic nitrogens is 1. The molecule has 2 heterocycles. The molecule has 1 aromatic carbocycles. The van der Waals surface area contributed by atoms with Crippen molar-refractivity contribution >= 4 is 44.7 Å². The van der Waals surface area contributed by atoms with Gasteiger partial charge in [-0.2, -0.15) is 0 Å². The minimum absolute atomic E-state index is 0.155. The van der Waals surface area contributed by atoms with Gasteiger partial charge in [0.25, 0.3) is 10.0 Å². The SMILES string of the molecule is CC(=O)NCc1ccc(S(=O)(=O)Nc2ccc(SCc3cccnc3)cc2)s1. The molecule has 0 aliphatic rings. The summed E-state index contributed by atoms with van der Waals surface area (Å²) in [4.78, 5) is 16.9. The Bertz CT molecular complexity index is 1030. The summed E-state index contributed by atoms with van der Waals surface area (Å²) >= 11 is 2.79. The summed E-state index contributed by atoms with van der Waals surface area (Å²) in [6.45, 7) is 1.74. The molecule has 0 aliphatic heterocycles. The van der Waals surface area contributed by atoms with Crippen molar-refractivity contribution in [3.05, 3.63) is 71.4 Å². The van der Waals surface area contributed by atoms with Crippen molar-refractivity contribution in [2.45, 2.75) is 28.3 Å². The van der Waals surface area contributed by atoms with Gasteiger partial charge in [-0.1, -0.05) is 6.07 Å². The lowest BCUT2D eigenvalue weighted by Gasteiger charge is -2.07. The monoisotopic (exact) mass is 433 g/mol. The molecule has 1 amide bonds. The third-order valence-electron chi connectivity index (χ3n) is 3.65. The standard InChI is InChI=1S/C19H19N3O3S3/c1-14(23)21-12-18-8-9-19(27-18)28(24,25)22-16-4-6-17(7-5-16)26-13-15-3-2-10-20-11-15/h2-11,22H,12-13H2,1H3,(H,21,23). The van der Waals surface area contributed by atoms with Crippen LogP contribution in [0, 0.1) is 0 Å². The maximum absolute atomic E-state index is 12.5. The fraction of sp³-hybridized carbons (Fsp3) is 0.158. The van der Waals surface area contributed by atoms with Crippen LogP contribution in [0.3, 0.4) is 0 Å². The number of benzene rings is 1. The van der Waals surface area contributed by atoms with Crippen molar-refractivity contribution in [1.29, 1.82) is 0 Å². The van der Waals surface area contributed by atoms with Gasteiger partial charge in [-0.3, -0.25) is 14.5 Å². The third kappa shape index (κ3) is 5.82. The average Bonchev–Trinajstić information content (AvgIpc) is 3.17. The quantitative estimate of drug-likeness (QED) is 0.527. The fourth-order valence-electron chi connectivity index (χ4n) is 2.28.